The van der Waals surface area contributed by atoms with Crippen LogP contribution >= 0.6 is 35.7 Å². The smallest absolute Gasteiger partial charge is 0.191 e. The van der Waals surface area contributed by atoms with Crippen molar-refractivity contribution in [1.82, 2.24) is 19.7 Å². The molecule has 0 radical (unpaired) electrons. The predicted molar refractivity (Wildman–Crippen MR) is 117 cm³/mol. The van der Waals surface area contributed by atoms with E-state index in [4.69, 9.17) is 5.73 Å². The number of aliphatic imine (C=N–C) groups is 1. The third-order valence-corrected chi connectivity index (χ3v) is 5.00. The highest BCUT2D eigenvalue weighted by atomic mass is 127. The Morgan fingerprint density at radius 3 is 2.80 bits per heavy atom. The first kappa shape index (κ1) is 22.5. The van der Waals surface area contributed by atoms with Gasteiger partial charge in [0.1, 0.15) is 5.82 Å². The Balaban J connectivity index is 0.00000312. The molecule has 1 saturated heterocycles. The average Bonchev–Trinajstić information content (AvgIpc) is 2.92. The predicted octanol–water partition coefficient (Wildman–Crippen LogP) is 3.25. The Bertz CT molecular complexity index is 545. The van der Waals surface area contributed by atoms with E-state index in [1.807, 2.05) is 0 Å². The Morgan fingerprint density at radius 1 is 1.40 bits per heavy atom. The molecule has 1 aliphatic heterocycles. The zero-order valence-corrected chi connectivity index (χ0v) is 19.1. The number of piperidine rings is 1. The molecule has 1 atom stereocenters. The monoisotopic (exact) mass is 480 g/mol. The van der Waals surface area contributed by atoms with Crippen LogP contribution in [0.15, 0.2) is 10.1 Å². The molecule has 0 spiro atoms. The molecule has 25 heavy (non-hydrogen) atoms. The SMILES string of the molecule is CSc1nnc(CCCN=C(N)N2CCCC(C)C2)n1CC(C)C.I. The molecule has 2 heterocycles. The highest BCUT2D eigenvalue weighted by molar-refractivity contribution is 14.0. The van der Waals surface area contributed by atoms with Crippen LogP contribution in [0.3, 0.4) is 0 Å². The Labute approximate surface area is 173 Å². The summed E-state index contributed by atoms with van der Waals surface area (Å²) in [6, 6.07) is 0. The molecule has 8 heteroatoms. The summed E-state index contributed by atoms with van der Waals surface area (Å²) in [5, 5.41) is 9.65. The molecule has 0 bridgehead atoms. The topological polar surface area (TPSA) is 72.3 Å². The van der Waals surface area contributed by atoms with Crippen molar-refractivity contribution in [2.45, 2.75) is 58.2 Å². The summed E-state index contributed by atoms with van der Waals surface area (Å²) in [5.41, 5.74) is 6.15. The number of halogens is 1. The number of hydrogen-bond acceptors (Lipinski definition) is 4. The van der Waals surface area contributed by atoms with E-state index < -0.39 is 0 Å². The molecule has 0 aliphatic carbocycles. The second-order valence-corrected chi connectivity index (χ2v) is 7.92. The van der Waals surface area contributed by atoms with Crippen molar-refractivity contribution in [2.75, 3.05) is 25.9 Å². The lowest BCUT2D eigenvalue weighted by molar-refractivity contribution is 0.270. The summed E-state index contributed by atoms with van der Waals surface area (Å²) in [6.45, 7) is 10.5. The van der Waals surface area contributed by atoms with Gasteiger partial charge in [-0.05, 0) is 37.4 Å². The van der Waals surface area contributed by atoms with Crippen LogP contribution in [0.1, 0.15) is 45.9 Å². The van der Waals surface area contributed by atoms with Gasteiger partial charge in [0, 0.05) is 32.6 Å². The number of nitrogens with two attached hydrogens (primary N) is 1. The van der Waals surface area contributed by atoms with Gasteiger partial charge in [0.15, 0.2) is 11.1 Å². The molecule has 1 aliphatic rings. The van der Waals surface area contributed by atoms with Gasteiger partial charge >= 0.3 is 0 Å². The highest BCUT2D eigenvalue weighted by Crippen LogP contribution is 2.17. The van der Waals surface area contributed by atoms with Gasteiger partial charge in [-0.1, -0.05) is 32.5 Å². The van der Waals surface area contributed by atoms with Crippen LogP contribution in [0.2, 0.25) is 0 Å². The first-order valence-electron chi connectivity index (χ1n) is 9.02. The summed E-state index contributed by atoms with van der Waals surface area (Å²) in [5.74, 6) is 3.07. The lowest BCUT2D eigenvalue weighted by Crippen LogP contribution is -2.43. The number of hydrogen-bond donors (Lipinski definition) is 1. The second-order valence-electron chi connectivity index (χ2n) is 7.14. The lowest BCUT2D eigenvalue weighted by Gasteiger charge is -2.31. The van der Waals surface area contributed by atoms with Crippen LogP contribution in [0.25, 0.3) is 0 Å². The van der Waals surface area contributed by atoms with Gasteiger partial charge in [-0.15, -0.1) is 34.2 Å². The fraction of sp³-hybridized carbons (Fsp3) is 0.824. The zero-order valence-electron chi connectivity index (χ0n) is 15.9. The van der Waals surface area contributed by atoms with Gasteiger partial charge in [-0.2, -0.15) is 0 Å². The van der Waals surface area contributed by atoms with Crippen LogP contribution < -0.4 is 5.73 Å². The molecular weight excluding hydrogens is 447 g/mol. The quantitative estimate of drug-likeness (QED) is 0.213. The molecule has 0 aromatic carbocycles. The minimum Gasteiger partial charge on any atom is -0.370 e. The maximum Gasteiger partial charge on any atom is 0.191 e. The van der Waals surface area contributed by atoms with Crippen molar-refractivity contribution < 1.29 is 0 Å². The van der Waals surface area contributed by atoms with Gasteiger partial charge in [0.25, 0.3) is 0 Å². The first-order valence-corrected chi connectivity index (χ1v) is 10.2. The number of thioether (sulfide) groups is 1. The van der Waals surface area contributed by atoms with Gasteiger partial charge in [-0.3, -0.25) is 4.99 Å². The van der Waals surface area contributed by atoms with Crippen LogP contribution in [-0.2, 0) is 13.0 Å². The van der Waals surface area contributed by atoms with Crippen molar-refractivity contribution in [2.24, 2.45) is 22.6 Å². The standard InChI is InChI=1S/C17H32N6S.HI/c1-13(2)11-23-15(20-21-17(23)24-4)8-5-9-19-16(18)22-10-6-7-14(3)12-22;/h13-14H,5-12H2,1-4H3,(H2,18,19);1H. The van der Waals surface area contributed by atoms with Crippen LogP contribution in [0, 0.1) is 11.8 Å². The van der Waals surface area contributed by atoms with E-state index in [1.165, 1.54) is 12.8 Å². The van der Waals surface area contributed by atoms with Gasteiger partial charge in [0.2, 0.25) is 0 Å². The average molecular weight is 480 g/mol. The van der Waals surface area contributed by atoms with Crippen LogP contribution in [0.4, 0.5) is 0 Å². The molecule has 144 valence electrons. The lowest BCUT2D eigenvalue weighted by atomic mass is 10.0. The van der Waals surface area contributed by atoms with Crippen molar-refractivity contribution in [3.8, 4) is 0 Å². The fourth-order valence-electron chi connectivity index (χ4n) is 3.13. The van der Waals surface area contributed by atoms with Gasteiger partial charge in [-0.25, -0.2) is 0 Å². The van der Waals surface area contributed by atoms with Gasteiger partial charge < -0.3 is 15.2 Å². The van der Waals surface area contributed by atoms with E-state index in [9.17, 15) is 0 Å². The summed E-state index contributed by atoms with van der Waals surface area (Å²) in [7, 11) is 0. The number of likely N-dealkylation sites (tertiary alicyclic amines) is 1. The molecular formula is C17H33IN6S. The van der Waals surface area contributed by atoms with Crippen LogP contribution in [0.5, 0.6) is 0 Å². The number of guanidine groups is 1. The molecule has 6 nitrogen and oxygen atoms in total. The normalized spacial score (nSPS) is 18.5. The number of rotatable bonds is 7. The minimum absolute atomic E-state index is 0. The van der Waals surface area contributed by atoms with Crippen molar-refractivity contribution in [3.63, 3.8) is 0 Å². The van der Waals surface area contributed by atoms with E-state index in [2.05, 4.69) is 51.7 Å². The van der Waals surface area contributed by atoms with E-state index in [-0.39, 0.29) is 24.0 Å². The molecule has 2 rings (SSSR count). The molecule has 0 amide bonds. The second kappa shape index (κ2) is 11.3. The summed E-state index contributed by atoms with van der Waals surface area (Å²) < 4.78 is 2.24. The Hall–Kier alpha value is -0.510. The third-order valence-electron chi connectivity index (χ3n) is 4.34. The maximum absolute atomic E-state index is 6.15. The fourth-order valence-corrected chi connectivity index (χ4v) is 3.65. The third kappa shape index (κ3) is 6.96. The molecule has 1 aromatic heterocycles. The van der Waals surface area contributed by atoms with Crippen molar-refractivity contribution in [1.29, 1.82) is 0 Å². The summed E-state index contributed by atoms with van der Waals surface area (Å²) in [4.78, 5) is 6.80. The number of aromatic nitrogens is 3. The van der Waals surface area contributed by atoms with Crippen molar-refractivity contribution >= 4 is 41.7 Å². The van der Waals surface area contributed by atoms with E-state index >= 15 is 0 Å². The van der Waals surface area contributed by atoms with Gasteiger partial charge in [0.05, 0.1) is 0 Å². The van der Waals surface area contributed by atoms with E-state index in [0.29, 0.717) is 17.8 Å². The minimum atomic E-state index is 0. The van der Waals surface area contributed by atoms with Crippen LogP contribution in [-0.4, -0.2) is 51.5 Å². The molecule has 0 saturated carbocycles. The molecule has 1 fully saturated rings. The number of aryl methyl sites for hydroxylation is 1. The van der Waals surface area contributed by atoms with E-state index in [1.54, 1.807) is 11.8 Å². The zero-order chi connectivity index (χ0) is 17.5. The molecule has 1 unspecified atom stereocenters. The highest BCUT2D eigenvalue weighted by Gasteiger charge is 2.17. The van der Waals surface area contributed by atoms with E-state index in [0.717, 1.165) is 50.0 Å². The molecule has 2 N–H and O–H groups in total. The molecule has 1 aromatic rings. The number of nitrogens with zero attached hydrogens (tertiary/aromatic N) is 5. The first-order chi connectivity index (χ1) is 11.5. The Morgan fingerprint density at radius 2 is 2.16 bits per heavy atom. The largest absolute Gasteiger partial charge is 0.370 e. The summed E-state index contributed by atoms with van der Waals surface area (Å²) in [6.07, 6.45) is 6.41. The summed E-state index contributed by atoms with van der Waals surface area (Å²) >= 11 is 1.66. The van der Waals surface area contributed by atoms with Crippen molar-refractivity contribution in [3.05, 3.63) is 5.82 Å². The Kier molecular flexibility index (Phi) is 10.1. The maximum atomic E-state index is 6.15.